The molecular weight excluding hydrogens is 264 g/mol. The third kappa shape index (κ3) is 2.84. The van der Waals surface area contributed by atoms with E-state index in [1.807, 2.05) is 30.5 Å². The standard InChI is InChI=1S/C16H28N4O/c1-6-10(2)15(17)16(21)20-9-7-8-13(20)14-11(3)18-19(5)12(14)4/h10,13,15H,6-9,17H2,1-5H3. The zero-order valence-electron chi connectivity index (χ0n) is 13.9. The maximum atomic E-state index is 12.7. The summed E-state index contributed by atoms with van der Waals surface area (Å²) in [6.45, 7) is 9.03. The van der Waals surface area contributed by atoms with Crippen molar-refractivity contribution in [1.29, 1.82) is 0 Å². The van der Waals surface area contributed by atoms with Crippen molar-refractivity contribution in [3.05, 3.63) is 17.0 Å². The first-order valence-corrected chi connectivity index (χ1v) is 7.94. The fraction of sp³-hybridized carbons (Fsp3) is 0.750. The monoisotopic (exact) mass is 292 g/mol. The van der Waals surface area contributed by atoms with Crippen LogP contribution in [0.15, 0.2) is 0 Å². The molecule has 2 N–H and O–H groups in total. The number of likely N-dealkylation sites (tertiary alicyclic amines) is 1. The largest absolute Gasteiger partial charge is 0.334 e. The van der Waals surface area contributed by atoms with Gasteiger partial charge in [0.1, 0.15) is 0 Å². The second-order valence-electron chi connectivity index (χ2n) is 6.31. The topological polar surface area (TPSA) is 64.2 Å². The van der Waals surface area contributed by atoms with E-state index in [4.69, 9.17) is 5.73 Å². The number of nitrogens with zero attached hydrogens (tertiary/aromatic N) is 3. The van der Waals surface area contributed by atoms with Crippen molar-refractivity contribution in [2.24, 2.45) is 18.7 Å². The Labute approximate surface area is 127 Å². The highest BCUT2D eigenvalue weighted by Crippen LogP contribution is 2.36. The van der Waals surface area contributed by atoms with Gasteiger partial charge in [-0.05, 0) is 32.6 Å². The Morgan fingerprint density at radius 3 is 2.67 bits per heavy atom. The molecule has 3 unspecified atom stereocenters. The molecular formula is C16H28N4O. The summed E-state index contributed by atoms with van der Waals surface area (Å²) in [5, 5.41) is 4.49. The summed E-state index contributed by atoms with van der Waals surface area (Å²) >= 11 is 0. The van der Waals surface area contributed by atoms with Crippen molar-refractivity contribution in [3.63, 3.8) is 0 Å². The molecule has 1 aromatic rings. The number of hydrogen-bond acceptors (Lipinski definition) is 3. The Morgan fingerprint density at radius 2 is 2.14 bits per heavy atom. The second-order valence-corrected chi connectivity index (χ2v) is 6.31. The smallest absolute Gasteiger partial charge is 0.240 e. The minimum Gasteiger partial charge on any atom is -0.334 e. The Morgan fingerprint density at radius 1 is 1.48 bits per heavy atom. The summed E-state index contributed by atoms with van der Waals surface area (Å²) in [6, 6.07) is -0.255. The van der Waals surface area contributed by atoms with Crippen molar-refractivity contribution in [2.45, 2.75) is 59.0 Å². The minimum absolute atomic E-state index is 0.0921. The van der Waals surface area contributed by atoms with E-state index in [2.05, 4.69) is 18.9 Å². The van der Waals surface area contributed by atoms with Gasteiger partial charge in [-0.15, -0.1) is 0 Å². The van der Waals surface area contributed by atoms with Crippen LogP contribution in [0, 0.1) is 19.8 Å². The van der Waals surface area contributed by atoms with Crippen LogP contribution >= 0.6 is 0 Å². The zero-order valence-corrected chi connectivity index (χ0v) is 13.9. The fourth-order valence-corrected chi connectivity index (χ4v) is 3.29. The van der Waals surface area contributed by atoms with E-state index in [-0.39, 0.29) is 17.9 Å². The highest BCUT2D eigenvalue weighted by molar-refractivity contribution is 5.82. The summed E-state index contributed by atoms with van der Waals surface area (Å²) in [6.07, 6.45) is 2.97. The van der Waals surface area contributed by atoms with Crippen LogP contribution in [-0.2, 0) is 11.8 Å². The molecule has 118 valence electrons. The van der Waals surface area contributed by atoms with Crippen molar-refractivity contribution in [3.8, 4) is 0 Å². The number of aryl methyl sites for hydroxylation is 2. The molecule has 21 heavy (non-hydrogen) atoms. The quantitative estimate of drug-likeness (QED) is 0.924. The number of aromatic nitrogens is 2. The lowest BCUT2D eigenvalue weighted by atomic mass is 9.97. The van der Waals surface area contributed by atoms with E-state index in [1.54, 1.807) is 0 Å². The van der Waals surface area contributed by atoms with E-state index >= 15 is 0 Å². The molecule has 5 heteroatoms. The van der Waals surface area contributed by atoms with Crippen LogP contribution in [0.2, 0.25) is 0 Å². The lowest BCUT2D eigenvalue weighted by Crippen LogP contribution is -2.46. The molecule has 0 radical (unpaired) electrons. The molecule has 0 aliphatic carbocycles. The molecule has 0 bridgehead atoms. The highest BCUT2D eigenvalue weighted by atomic mass is 16.2. The average molecular weight is 292 g/mol. The van der Waals surface area contributed by atoms with Gasteiger partial charge in [-0.25, -0.2) is 0 Å². The lowest BCUT2D eigenvalue weighted by molar-refractivity contribution is -0.134. The first-order chi connectivity index (χ1) is 9.88. The van der Waals surface area contributed by atoms with Gasteiger partial charge in [0.2, 0.25) is 5.91 Å². The molecule has 2 rings (SSSR count). The van der Waals surface area contributed by atoms with Gasteiger partial charge in [0.15, 0.2) is 0 Å². The number of carbonyl (C=O) groups excluding carboxylic acids is 1. The van der Waals surface area contributed by atoms with Crippen LogP contribution in [-0.4, -0.2) is 33.2 Å². The minimum atomic E-state index is -0.395. The van der Waals surface area contributed by atoms with Gasteiger partial charge in [-0.2, -0.15) is 5.10 Å². The molecule has 1 saturated heterocycles. The lowest BCUT2D eigenvalue weighted by Gasteiger charge is -2.30. The molecule has 0 saturated carbocycles. The predicted octanol–water partition coefficient (Wildman–Crippen LogP) is 2.07. The molecule has 5 nitrogen and oxygen atoms in total. The number of nitrogens with two attached hydrogens (primary N) is 1. The summed E-state index contributed by atoms with van der Waals surface area (Å²) < 4.78 is 1.90. The normalized spacial score (nSPS) is 21.6. The second kappa shape index (κ2) is 6.18. The number of amides is 1. The average Bonchev–Trinajstić information content (AvgIpc) is 3.02. The SMILES string of the molecule is CCC(C)C(N)C(=O)N1CCCC1c1c(C)nn(C)c1C. The van der Waals surface area contributed by atoms with Gasteiger partial charge in [-0.1, -0.05) is 20.3 Å². The number of carbonyl (C=O) groups is 1. The predicted molar refractivity (Wildman–Crippen MR) is 83.8 cm³/mol. The molecule has 3 atom stereocenters. The molecule has 2 heterocycles. The third-order valence-corrected chi connectivity index (χ3v) is 4.98. The highest BCUT2D eigenvalue weighted by Gasteiger charge is 2.36. The van der Waals surface area contributed by atoms with Gasteiger partial charge in [-0.3, -0.25) is 9.48 Å². The number of hydrogen-bond donors (Lipinski definition) is 1. The van der Waals surface area contributed by atoms with E-state index in [1.165, 1.54) is 5.56 Å². The Balaban J connectivity index is 2.26. The summed E-state index contributed by atoms with van der Waals surface area (Å²) in [7, 11) is 1.96. The van der Waals surface area contributed by atoms with E-state index < -0.39 is 6.04 Å². The maximum absolute atomic E-state index is 12.7. The Kier molecular flexibility index (Phi) is 4.71. The first kappa shape index (κ1) is 16.0. The van der Waals surface area contributed by atoms with Gasteiger partial charge < -0.3 is 10.6 Å². The Bertz CT molecular complexity index is 523. The summed E-state index contributed by atoms with van der Waals surface area (Å²) in [4.78, 5) is 14.7. The maximum Gasteiger partial charge on any atom is 0.240 e. The van der Waals surface area contributed by atoms with Gasteiger partial charge in [0.25, 0.3) is 0 Å². The molecule has 1 aromatic heterocycles. The molecule has 1 aliphatic rings. The van der Waals surface area contributed by atoms with Crippen LogP contribution < -0.4 is 5.73 Å². The molecule has 1 fully saturated rings. The van der Waals surface area contributed by atoms with Crippen LogP contribution in [0.1, 0.15) is 56.1 Å². The molecule has 1 amide bonds. The van der Waals surface area contributed by atoms with Crippen LogP contribution in [0.4, 0.5) is 0 Å². The Hall–Kier alpha value is -1.36. The van der Waals surface area contributed by atoms with Gasteiger partial charge in [0, 0.05) is 24.8 Å². The third-order valence-electron chi connectivity index (χ3n) is 4.98. The van der Waals surface area contributed by atoms with Crippen LogP contribution in [0.3, 0.4) is 0 Å². The van der Waals surface area contributed by atoms with Crippen molar-refractivity contribution >= 4 is 5.91 Å². The van der Waals surface area contributed by atoms with Crippen LogP contribution in [0.5, 0.6) is 0 Å². The van der Waals surface area contributed by atoms with Crippen molar-refractivity contribution in [2.75, 3.05) is 6.54 Å². The molecule has 0 aromatic carbocycles. The first-order valence-electron chi connectivity index (χ1n) is 7.94. The van der Waals surface area contributed by atoms with E-state index in [0.717, 1.165) is 37.2 Å². The molecule has 0 spiro atoms. The van der Waals surface area contributed by atoms with Gasteiger partial charge in [0.05, 0.1) is 17.8 Å². The molecule has 1 aliphatic heterocycles. The summed E-state index contributed by atoms with van der Waals surface area (Å²) in [5.74, 6) is 0.310. The summed E-state index contributed by atoms with van der Waals surface area (Å²) in [5.41, 5.74) is 9.54. The zero-order chi connectivity index (χ0) is 15.7. The van der Waals surface area contributed by atoms with Crippen molar-refractivity contribution in [1.82, 2.24) is 14.7 Å². The van der Waals surface area contributed by atoms with Crippen LogP contribution in [0.25, 0.3) is 0 Å². The van der Waals surface area contributed by atoms with E-state index in [9.17, 15) is 4.79 Å². The van der Waals surface area contributed by atoms with Gasteiger partial charge >= 0.3 is 0 Å². The van der Waals surface area contributed by atoms with Crippen molar-refractivity contribution < 1.29 is 4.79 Å². The number of rotatable bonds is 4. The van der Waals surface area contributed by atoms with E-state index in [0.29, 0.717) is 0 Å². The fourth-order valence-electron chi connectivity index (χ4n) is 3.29.